The van der Waals surface area contributed by atoms with E-state index < -0.39 is 10.0 Å². The molecule has 108 valence electrons. The summed E-state index contributed by atoms with van der Waals surface area (Å²) in [7, 11) is -3.23. The van der Waals surface area contributed by atoms with E-state index in [0.29, 0.717) is 6.54 Å². The van der Waals surface area contributed by atoms with E-state index >= 15 is 0 Å². The Morgan fingerprint density at radius 2 is 1.89 bits per heavy atom. The summed E-state index contributed by atoms with van der Waals surface area (Å²) >= 11 is 0. The van der Waals surface area contributed by atoms with Crippen LogP contribution in [0.2, 0.25) is 0 Å². The monoisotopic (exact) mass is 304 g/mol. The van der Waals surface area contributed by atoms with Crippen LogP contribution >= 0.6 is 12.4 Å². The molecule has 19 heavy (non-hydrogen) atoms. The molecule has 1 heterocycles. The lowest BCUT2D eigenvalue weighted by atomic mass is 10.2. The second-order valence-electron chi connectivity index (χ2n) is 4.97. The molecule has 2 atom stereocenters. The highest BCUT2D eigenvalue weighted by Crippen LogP contribution is 2.16. The van der Waals surface area contributed by atoms with Crippen molar-refractivity contribution in [2.45, 2.75) is 31.7 Å². The highest BCUT2D eigenvalue weighted by atomic mass is 35.5. The highest BCUT2D eigenvalue weighted by Gasteiger charge is 2.31. The van der Waals surface area contributed by atoms with Crippen molar-refractivity contribution in [3.63, 3.8) is 0 Å². The number of nitrogens with one attached hydrogen (secondary N) is 1. The van der Waals surface area contributed by atoms with Gasteiger partial charge in [0.1, 0.15) is 0 Å². The maximum atomic E-state index is 12.4. The summed E-state index contributed by atoms with van der Waals surface area (Å²) in [6.07, 6.45) is 0. The smallest absolute Gasteiger partial charge is 0.218 e. The number of piperazine rings is 1. The summed E-state index contributed by atoms with van der Waals surface area (Å²) in [5.74, 6) is 0.0882. The summed E-state index contributed by atoms with van der Waals surface area (Å²) in [6.45, 7) is 5.23. The Bertz CT molecular complexity index is 493. The molecule has 0 radical (unpaired) electrons. The lowest BCUT2D eigenvalue weighted by Gasteiger charge is -2.36. The Hall–Kier alpha value is -0.620. The zero-order valence-electron chi connectivity index (χ0n) is 11.2. The molecule has 1 N–H and O–H groups in total. The van der Waals surface area contributed by atoms with Gasteiger partial charge in [0.25, 0.3) is 0 Å². The van der Waals surface area contributed by atoms with Gasteiger partial charge in [0.05, 0.1) is 5.75 Å². The maximum Gasteiger partial charge on any atom is 0.218 e. The average molecular weight is 305 g/mol. The van der Waals surface area contributed by atoms with Gasteiger partial charge >= 0.3 is 0 Å². The lowest BCUT2D eigenvalue weighted by Crippen LogP contribution is -2.56. The second-order valence-corrected chi connectivity index (χ2v) is 6.89. The van der Waals surface area contributed by atoms with E-state index in [0.717, 1.165) is 12.1 Å². The Morgan fingerprint density at radius 1 is 1.26 bits per heavy atom. The number of hydrogen-bond donors (Lipinski definition) is 1. The molecule has 1 aromatic carbocycles. The quantitative estimate of drug-likeness (QED) is 0.923. The van der Waals surface area contributed by atoms with Gasteiger partial charge in [0.2, 0.25) is 10.0 Å². The predicted molar refractivity (Wildman–Crippen MR) is 79.9 cm³/mol. The molecule has 0 aromatic heterocycles. The van der Waals surface area contributed by atoms with Crippen molar-refractivity contribution in [3.05, 3.63) is 35.9 Å². The largest absolute Gasteiger partial charge is 0.311 e. The molecule has 6 heteroatoms. The molecule has 0 aliphatic carbocycles. The molecule has 0 saturated carbocycles. The fourth-order valence-corrected chi connectivity index (χ4v) is 4.10. The number of hydrogen-bond acceptors (Lipinski definition) is 3. The molecular weight excluding hydrogens is 284 g/mol. The molecule has 4 nitrogen and oxygen atoms in total. The zero-order chi connectivity index (χ0) is 13.2. The van der Waals surface area contributed by atoms with Crippen LogP contribution in [0.1, 0.15) is 19.4 Å². The first-order valence-corrected chi connectivity index (χ1v) is 7.87. The molecule has 1 fully saturated rings. The number of benzene rings is 1. The fourth-order valence-electron chi connectivity index (χ4n) is 2.24. The predicted octanol–water partition coefficient (Wildman–Crippen LogP) is 1.62. The SMILES string of the molecule is CC1CN(S(=O)(=O)Cc2ccccc2)C(C)CN1.Cl. The Balaban J connectivity index is 0.00000180. The lowest BCUT2D eigenvalue weighted by molar-refractivity contribution is 0.244. The van der Waals surface area contributed by atoms with Crippen LogP contribution < -0.4 is 5.32 Å². The van der Waals surface area contributed by atoms with Gasteiger partial charge in [-0.1, -0.05) is 30.3 Å². The molecule has 0 bridgehead atoms. The second kappa shape index (κ2) is 6.70. The molecular formula is C13H21ClN2O2S. The first-order valence-electron chi connectivity index (χ1n) is 6.26. The molecule has 1 saturated heterocycles. The average Bonchev–Trinajstić information content (AvgIpc) is 2.33. The van der Waals surface area contributed by atoms with E-state index in [1.807, 2.05) is 44.2 Å². The van der Waals surface area contributed by atoms with Gasteiger partial charge in [-0.15, -0.1) is 12.4 Å². The van der Waals surface area contributed by atoms with E-state index in [4.69, 9.17) is 0 Å². The van der Waals surface area contributed by atoms with E-state index in [-0.39, 0.29) is 30.2 Å². The third kappa shape index (κ3) is 4.18. The molecule has 1 aromatic rings. The van der Waals surface area contributed by atoms with Gasteiger partial charge in [0.15, 0.2) is 0 Å². The minimum absolute atomic E-state index is 0. The van der Waals surface area contributed by atoms with Crippen molar-refractivity contribution >= 4 is 22.4 Å². The van der Waals surface area contributed by atoms with E-state index in [1.165, 1.54) is 0 Å². The number of nitrogens with zero attached hydrogens (tertiary/aromatic N) is 1. The highest BCUT2D eigenvalue weighted by molar-refractivity contribution is 7.88. The van der Waals surface area contributed by atoms with Gasteiger partial charge in [0, 0.05) is 25.2 Å². The number of sulfonamides is 1. The van der Waals surface area contributed by atoms with Crippen LogP contribution in [0.5, 0.6) is 0 Å². The first-order chi connectivity index (χ1) is 8.49. The van der Waals surface area contributed by atoms with E-state index in [2.05, 4.69) is 5.32 Å². The number of halogens is 1. The van der Waals surface area contributed by atoms with Crippen LogP contribution in [-0.2, 0) is 15.8 Å². The normalized spacial score (nSPS) is 24.7. The van der Waals surface area contributed by atoms with Crippen LogP contribution in [0.4, 0.5) is 0 Å². The Kier molecular flexibility index (Phi) is 5.80. The van der Waals surface area contributed by atoms with E-state index in [1.54, 1.807) is 4.31 Å². The van der Waals surface area contributed by atoms with Crippen molar-refractivity contribution in [1.82, 2.24) is 9.62 Å². The third-order valence-corrected chi connectivity index (χ3v) is 5.18. The summed E-state index contributed by atoms with van der Waals surface area (Å²) in [5.41, 5.74) is 0.843. The summed E-state index contributed by atoms with van der Waals surface area (Å²) in [4.78, 5) is 0. The third-order valence-electron chi connectivity index (χ3n) is 3.26. The minimum atomic E-state index is -3.23. The van der Waals surface area contributed by atoms with Crippen molar-refractivity contribution < 1.29 is 8.42 Å². The maximum absolute atomic E-state index is 12.4. The van der Waals surface area contributed by atoms with Crippen molar-refractivity contribution in [2.24, 2.45) is 0 Å². The summed E-state index contributed by atoms with van der Waals surface area (Å²) in [5, 5.41) is 3.29. The van der Waals surface area contributed by atoms with Gasteiger partial charge in [-0.2, -0.15) is 4.31 Å². The molecule has 1 aliphatic rings. The van der Waals surface area contributed by atoms with Crippen LogP contribution in [0.25, 0.3) is 0 Å². The van der Waals surface area contributed by atoms with Crippen molar-refractivity contribution in [3.8, 4) is 0 Å². The fraction of sp³-hybridized carbons (Fsp3) is 0.538. The molecule has 2 rings (SSSR count). The molecule has 0 spiro atoms. The van der Waals surface area contributed by atoms with Gasteiger partial charge in [-0.05, 0) is 19.4 Å². The standard InChI is InChI=1S/C13H20N2O2S.ClH/c1-11-9-15(12(2)8-14-11)18(16,17)10-13-6-4-3-5-7-13;/h3-7,11-12,14H,8-10H2,1-2H3;1H. The van der Waals surface area contributed by atoms with Crippen molar-refractivity contribution in [1.29, 1.82) is 0 Å². The topological polar surface area (TPSA) is 49.4 Å². The summed E-state index contributed by atoms with van der Waals surface area (Å²) in [6, 6.07) is 9.58. The molecule has 0 amide bonds. The van der Waals surface area contributed by atoms with Crippen LogP contribution in [0, 0.1) is 0 Å². The van der Waals surface area contributed by atoms with E-state index in [9.17, 15) is 8.42 Å². The van der Waals surface area contributed by atoms with Crippen LogP contribution in [-0.4, -0.2) is 37.9 Å². The number of rotatable bonds is 3. The molecule has 2 unspecified atom stereocenters. The first kappa shape index (κ1) is 16.4. The Morgan fingerprint density at radius 3 is 2.53 bits per heavy atom. The van der Waals surface area contributed by atoms with Crippen LogP contribution in [0.3, 0.4) is 0 Å². The summed E-state index contributed by atoms with van der Waals surface area (Å²) < 4.78 is 26.4. The minimum Gasteiger partial charge on any atom is -0.311 e. The molecule has 1 aliphatic heterocycles. The van der Waals surface area contributed by atoms with Crippen LogP contribution in [0.15, 0.2) is 30.3 Å². The van der Waals surface area contributed by atoms with Crippen molar-refractivity contribution in [2.75, 3.05) is 13.1 Å². The van der Waals surface area contributed by atoms with Gasteiger partial charge in [-0.25, -0.2) is 8.42 Å². The Labute approximate surface area is 121 Å². The van der Waals surface area contributed by atoms with Gasteiger partial charge < -0.3 is 5.32 Å². The zero-order valence-corrected chi connectivity index (χ0v) is 12.9. The van der Waals surface area contributed by atoms with Gasteiger partial charge in [-0.3, -0.25) is 0 Å².